The minimum absolute atomic E-state index is 0.161. The van der Waals surface area contributed by atoms with Crippen LogP contribution in [0.2, 0.25) is 5.02 Å². The first-order chi connectivity index (χ1) is 10.4. The molecular formula is C16H15ClN2O2S. The van der Waals surface area contributed by atoms with Crippen LogP contribution < -0.4 is 5.32 Å². The predicted molar refractivity (Wildman–Crippen MR) is 90.0 cm³/mol. The van der Waals surface area contributed by atoms with Crippen LogP contribution in [0.4, 0.5) is 5.82 Å². The maximum Gasteiger partial charge on any atom is 0.268 e. The minimum atomic E-state index is -0.278. The molecule has 22 heavy (non-hydrogen) atoms. The van der Waals surface area contributed by atoms with Gasteiger partial charge in [-0.15, -0.1) is 11.3 Å². The third kappa shape index (κ3) is 2.74. The lowest BCUT2D eigenvalue weighted by Crippen LogP contribution is -2.11. The molecular weight excluding hydrogens is 320 g/mol. The molecule has 1 N–H and O–H groups in total. The monoisotopic (exact) mass is 334 g/mol. The zero-order valence-electron chi connectivity index (χ0n) is 12.4. The second kappa shape index (κ2) is 5.41. The number of aromatic nitrogens is 1. The fraction of sp³-hybridized carbons (Fsp3) is 0.250. The van der Waals surface area contributed by atoms with Crippen LogP contribution in [0, 0.1) is 0 Å². The predicted octanol–water partition coefficient (Wildman–Crippen LogP) is 5.09. The van der Waals surface area contributed by atoms with Gasteiger partial charge in [0, 0.05) is 21.6 Å². The molecule has 4 nitrogen and oxygen atoms in total. The third-order valence-corrected chi connectivity index (χ3v) is 4.91. The van der Waals surface area contributed by atoms with Gasteiger partial charge in [-0.1, -0.05) is 55.7 Å². The smallest absolute Gasteiger partial charge is 0.268 e. The van der Waals surface area contributed by atoms with E-state index in [2.05, 4.69) is 10.5 Å². The average Bonchev–Trinajstić information content (AvgIpc) is 3.04. The Labute approximate surface area is 137 Å². The van der Waals surface area contributed by atoms with E-state index in [0.29, 0.717) is 21.5 Å². The second-order valence-electron chi connectivity index (χ2n) is 6.02. The third-order valence-electron chi connectivity index (χ3n) is 3.23. The van der Waals surface area contributed by atoms with Crippen molar-refractivity contribution in [3.8, 4) is 0 Å². The van der Waals surface area contributed by atoms with E-state index in [-0.39, 0.29) is 11.3 Å². The molecule has 0 aliphatic rings. The standard InChI is InChI=1S/C16H15ClN2O2S/c1-16(2,3)11-8-12(19-21-11)18-15(20)14-13(17)9-6-4-5-7-10(9)22-14/h4-8H,1-3H3,(H,18,19,20). The van der Waals surface area contributed by atoms with E-state index in [0.717, 1.165) is 10.1 Å². The molecule has 114 valence electrons. The van der Waals surface area contributed by atoms with E-state index in [1.54, 1.807) is 6.07 Å². The van der Waals surface area contributed by atoms with Crippen LogP contribution in [0.3, 0.4) is 0 Å². The molecule has 2 heterocycles. The van der Waals surface area contributed by atoms with E-state index >= 15 is 0 Å². The summed E-state index contributed by atoms with van der Waals surface area (Å²) in [5, 5.41) is 7.98. The average molecular weight is 335 g/mol. The van der Waals surface area contributed by atoms with Gasteiger partial charge >= 0.3 is 0 Å². The largest absolute Gasteiger partial charge is 0.359 e. The van der Waals surface area contributed by atoms with Gasteiger partial charge in [0.05, 0.1) is 5.02 Å². The SMILES string of the molecule is CC(C)(C)c1cc(NC(=O)c2sc3ccccc3c2Cl)no1. The van der Waals surface area contributed by atoms with Gasteiger partial charge in [0.15, 0.2) is 5.82 Å². The zero-order valence-corrected chi connectivity index (χ0v) is 14.0. The van der Waals surface area contributed by atoms with Crippen molar-refractivity contribution in [2.75, 3.05) is 5.32 Å². The highest BCUT2D eigenvalue weighted by molar-refractivity contribution is 7.21. The van der Waals surface area contributed by atoms with Crippen LogP contribution in [0.25, 0.3) is 10.1 Å². The van der Waals surface area contributed by atoms with Crippen LogP contribution in [0.5, 0.6) is 0 Å². The van der Waals surface area contributed by atoms with Gasteiger partial charge in [0.1, 0.15) is 10.6 Å². The molecule has 1 aromatic carbocycles. The number of nitrogens with one attached hydrogen (secondary N) is 1. The molecule has 0 saturated heterocycles. The van der Waals surface area contributed by atoms with Crippen molar-refractivity contribution < 1.29 is 9.32 Å². The Morgan fingerprint density at radius 1 is 1.32 bits per heavy atom. The highest BCUT2D eigenvalue weighted by Gasteiger charge is 2.22. The molecule has 1 amide bonds. The highest BCUT2D eigenvalue weighted by atomic mass is 35.5. The van der Waals surface area contributed by atoms with Gasteiger partial charge in [-0.25, -0.2) is 0 Å². The van der Waals surface area contributed by atoms with Crippen LogP contribution >= 0.6 is 22.9 Å². The zero-order chi connectivity index (χ0) is 15.9. The fourth-order valence-electron chi connectivity index (χ4n) is 2.02. The molecule has 6 heteroatoms. The van der Waals surface area contributed by atoms with E-state index in [4.69, 9.17) is 16.1 Å². The summed E-state index contributed by atoms with van der Waals surface area (Å²) in [4.78, 5) is 12.9. The van der Waals surface area contributed by atoms with Gasteiger partial charge in [-0.05, 0) is 6.07 Å². The number of benzene rings is 1. The maximum absolute atomic E-state index is 12.4. The van der Waals surface area contributed by atoms with Gasteiger partial charge < -0.3 is 9.84 Å². The maximum atomic E-state index is 12.4. The van der Waals surface area contributed by atoms with Crippen molar-refractivity contribution in [2.45, 2.75) is 26.2 Å². The van der Waals surface area contributed by atoms with E-state index < -0.39 is 0 Å². The summed E-state index contributed by atoms with van der Waals surface area (Å²) < 4.78 is 6.24. The summed E-state index contributed by atoms with van der Waals surface area (Å²) in [6.45, 7) is 6.05. The number of anilines is 1. The second-order valence-corrected chi connectivity index (χ2v) is 7.45. The lowest BCUT2D eigenvalue weighted by molar-refractivity contribution is 0.103. The number of hydrogen-bond donors (Lipinski definition) is 1. The van der Waals surface area contributed by atoms with Crippen LogP contribution in [-0.2, 0) is 5.41 Å². The summed E-state index contributed by atoms with van der Waals surface area (Å²) in [6.07, 6.45) is 0. The summed E-state index contributed by atoms with van der Waals surface area (Å²) in [7, 11) is 0. The molecule has 0 spiro atoms. The van der Waals surface area contributed by atoms with Crippen molar-refractivity contribution in [1.29, 1.82) is 0 Å². The molecule has 3 rings (SSSR count). The molecule has 0 unspecified atom stereocenters. The number of nitrogens with zero attached hydrogens (tertiary/aromatic N) is 1. The van der Waals surface area contributed by atoms with Gasteiger partial charge in [0.2, 0.25) is 0 Å². The summed E-state index contributed by atoms with van der Waals surface area (Å²) >= 11 is 7.66. The number of thiophene rings is 1. The molecule has 0 aliphatic carbocycles. The Morgan fingerprint density at radius 3 is 2.68 bits per heavy atom. The Hall–Kier alpha value is -1.85. The van der Waals surface area contributed by atoms with Crippen molar-refractivity contribution in [1.82, 2.24) is 5.16 Å². The lowest BCUT2D eigenvalue weighted by Gasteiger charge is -2.11. The molecule has 0 aliphatic heterocycles. The first-order valence-corrected chi connectivity index (χ1v) is 8.01. The van der Waals surface area contributed by atoms with Crippen LogP contribution in [0.15, 0.2) is 34.9 Å². The number of amides is 1. The molecule has 0 atom stereocenters. The van der Waals surface area contributed by atoms with E-state index in [1.165, 1.54) is 11.3 Å². The Bertz CT molecular complexity index is 845. The number of hydrogen-bond acceptors (Lipinski definition) is 4. The van der Waals surface area contributed by atoms with E-state index in [1.807, 2.05) is 45.0 Å². The molecule has 0 bridgehead atoms. The van der Waals surface area contributed by atoms with Crippen LogP contribution in [0.1, 0.15) is 36.2 Å². The summed E-state index contributed by atoms with van der Waals surface area (Å²) in [6, 6.07) is 9.40. The number of halogens is 1. The molecule has 0 saturated carbocycles. The van der Waals surface area contributed by atoms with Crippen molar-refractivity contribution in [3.63, 3.8) is 0 Å². The number of fused-ring (bicyclic) bond motifs is 1. The number of carbonyl (C=O) groups is 1. The Kier molecular flexibility index (Phi) is 3.70. The van der Waals surface area contributed by atoms with Crippen molar-refractivity contribution in [3.05, 3.63) is 46.0 Å². The van der Waals surface area contributed by atoms with Crippen LogP contribution in [-0.4, -0.2) is 11.1 Å². The lowest BCUT2D eigenvalue weighted by atomic mass is 9.93. The highest BCUT2D eigenvalue weighted by Crippen LogP contribution is 2.35. The van der Waals surface area contributed by atoms with Gasteiger partial charge in [-0.3, -0.25) is 4.79 Å². The first-order valence-electron chi connectivity index (χ1n) is 6.82. The molecule has 2 aromatic heterocycles. The minimum Gasteiger partial charge on any atom is -0.359 e. The van der Waals surface area contributed by atoms with Gasteiger partial charge in [0.25, 0.3) is 5.91 Å². The molecule has 0 fully saturated rings. The summed E-state index contributed by atoms with van der Waals surface area (Å²) in [5.74, 6) is 0.827. The normalized spacial score (nSPS) is 11.8. The van der Waals surface area contributed by atoms with E-state index in [9.17, 15) is 4.79 Å². The quantitative estimate of drug-likeness (QED) is 0.710. The first kappa shape index (κ1) is 15.1. The topological polar surface area (TPSA) is 55.1 Å². The Balaban J connectivity index is 1.87. The molecule has 0 radical (unpaired) electrons. The fourth-order valence-corrected chi connectivity index (χ4v) is 3.43. The Morgan fingerprint density at radius 2 is 2.05 bits per heavy atom. The molecule has 3 aromatic rings. The summed E-state index contributed by atoms with van der Waals surface area (Å²) in [5.41, 5.74) is -0.161. The number of rotatable bonds is 2. The van der Waals surface area contributed by atoms with Crippen molar-refractivity contribution >= 4 is 44.7 Å². The van der Waals surface area contributed by atoms with Crippen molar-refractivity contribution in [2.24, 2.45) is 0 Å². The number of carbonyl (C=O) groups excluding carboxylic acids is 1. The van der Waals surface area contributed by atoms with Gasteiger partial charge in [-0.2, -0.15) is 0 Å².